The van der Waals surface area contributed by atoms with Crippen molar-refractivity contribution in [2.24, 2.45) is 0 Å². The van der Waals surface area contributed by atoms with E-state index >= 15 is 0 Å². The summed E-state index contributed by atoms with van der Waals surface area (Å²) < 4.78 is 46.7. The van der Waals surface area contributed by atoms with E-state index in [-0.39, 0.29) is 11.7 Å². The van der Waals surface area contributed by atoms with Crippen LogP contribution in [-0.2, 0) is 12.7 Å². The van der Waals surface area contributed by atoms with Crippen molar-refractivity contribution in [3.05, 3.63) is 53.6 Å². The van der Waals surface area contributed by atoms with E-state index in [1.165, 1.54) is 0 Å². The largest absolute Gasteiger partial charge is 0.494 e. The van der Waals surface area contributed by atoms with Crippen molar-refractivity contribution in [2.45, 2.75) is 38.4 Å². The lowest BCUT2D eigenvalue weighted by Gasteiger charge is -2.32. The predicted octanol–water partition coefficient (Wildman–Crippen LogP) is 3.92. The van der Waals surface area contributed by atoms with Gasteiger partial charge in [0.1, 0.15) is 12.1 Å². The molecule has 9 heteroatoms. The van der Waals surface area contributed by atoms with Crippen molar-refractivity contribution < 1.29 is 17.9 Å². The Kier molecular flexibility index (Phi) is 5.40. The molecule has 0 atom stereocenters. The minimum absolute atomic E-state index is 0.0112. The van der Waals surface area contributed by atoms with Crippen LogP contribution in [0.5, 0.6) is 5.75 Å². The van der Waals surface area contributed by atoms with Crippen molar-refractivity contribution in [3.8, 4) is 5.75 Å². The van der Waals surface area contributed by atoms with Gasteiger partial charge >= 0.3 is 6.18 Å². The molecular formula is C20H22F3N5O. The van der Waals surface area contributed by atoms with E-state index in [9.17, 15) is 13.2 Å². The normalized spacial score (nSPS) is 16.4. The number of nitrogens with zero attached hydrogens (tertiary/aromatic N) is 5. The average Bonchev–Trinajstić information content (AvgIpc) is 3.17. The molecule has 0 bridgehead atoms. The summed E-state index contributed by atoms with van der Waals surface area (Å²) in [6, 6.07) is 9.06. The first-order chi connectivity index (χ1) is 14.0. The van der Waals surface area contributed by atoms with E-state index in [1.54, 1.807) is 0 Å². The van der Waals surface area contributed by atoms with Crippen LogP contribution in [0.4, 0.5) is 13.2 Å². The lowest BCUT2D eigenvalue weighted by Crippen LogP contribution is -2.33. The van der Waals surface area contributed by atoms with E-state index in [0.717, 1.165) is 60.7 Å². The van der Waals surface area contributed by atoms with E-state index in [0.29, 0.717) is 12.3 Å². The van der Waals surface area contributed by atoms with Crippen molar-refractivity contribution in [3.63, 3.8) is 0 Å². The lowest BCUT2D eigenvalue weighted by atomic mass is 9.92. The van der Waals surface area contributed by atoms with Crippen molar-refractivity contribution in [2.75, 3.05) is 19.7 Å². The summed E-state index contributed by atoms with van der Waals surface area (Å²) in [6.07, 6.45) is -1.93. The van der Waals surface area contributed by atoms with Gasteiger partial charge in [-0.1, -0.05) is 18.2 Å². The Hall–Kier alpha value is -2.68. The molecule has 1 fully saturated rings. The van der Waals surface area contributed by atoms with Crippen LogP contribution in [0.25, 0.3) is 5.78 Å². The molecular weight excluding hydrogens is 383 g/mol. The summed E-state index contributed by atoms with van der Waals surface area (Å²) in [4.78, 5) is 10.5. The van der Waals surface area contributed by atoms with Crippen LogP contribution in [0.2, 0.25) is 0 Å². The minimum atomic E-state index is -4.51. The molecule has 6 nitrogen and oxygen atoms in total. The third kappa shape index (κ3) is 4.19. The van der Waals surface area contributed by atoms with Gasteiger partial charge in [-0.3, -0.25) is 4.90 Å². The molecule has 0 saturated carbocycles. The van der Waals surface area contributed by atoms with Gasteiger partial charge in [0.2, 0.25) is 0 Å². The molecule has 1 aliphatic heterocycles. The Labute approximate surface area is 166 Å². The van der Waals surface area contributed by atoms with E-state index in [4.69, 9.17) is 4.74 Å². The third-order valence-corrected chi connectivity index (χ3v) is 5.23. The van der Waals surface area contributed by atoms with Gasteiger partial charge in [0.05, 0.1) is 6.61 Å². The third-order valence-electron chi connectivity index (χ3n) is 5.23. The van der Waals surface area contributed by atoms with Gasteiger partial charge in [0.15, 0.2) is 5.69 Å². The first-order valence-corrected chi connectivity index (χ1v) is 9.66. The minimum Gasteiger partial charge on any atom is -0.494 e. The summed E-state index contributed by atoms with van der Waals surface area (Å²) in [7, 11) is 0. The molecule has 0 N–H and O–H groups in total. The SMILES string of the molecule is CCOc1ccccc1CN1CCC(c2cc(C(F)(F)F)n3ncnc3n2)CC1. The fraction of sp³-hybridized carbons (Fsp3) is 0.450. The second-order valence-corrected chi connectivity index (χ2v) is 7.13. The van der Waals surface area contributed by atoms with Gasteiger partial charge in [-0.25, -0.2) is 4.98 Å². The highest BCUT2D eigenvalue weighted by molar-refractivity contribution is 5.34. The van der Waals surface area contributed by atoms with Gasteiger partial charge in [0, 0.05) is 23.7 Å². The van der Waals surface area contributed by atoms with Gasteiger partial charge in [-0.2, -0.15) is 27.8 Å². The fourth-order valence-corrected chi connectivity index (χ4v) is 3.80. The second kappa shape index (κ2) is 7.98. The van der Waals surface area contributed by atoms with Crippen LogP contribution >= 0.6 is 0 Å². The van der Waals surface area contributed by atoms with E-state index < -0.39 is 11.9 Å². The van der Waals surface area contributed by atoms with Crippen LogP contribution < -0.4 is 4.74 Å². The van der Waals surface area contributed by atoms with Crippen LogP contribution in [0.3, 0.4) is 0 Å². The molecule has 0 unspecified atom stereocenters. The zero-order chi connectivity index (χ0) is 20.4. The molecule has 0 amide bonds. The molecule has 1 aromatic carbocycles. The summed E-state index contributed by atoms with van der Waals surface area (Å²) in [5.74, 6) is 0.838. The molecule has 3 heterocycles. The number of benzene rings is 1. The van der Waals surface area contributed by atoms with Crippen molar-refractivity contribution in [1.82, 2.24) is 24.5 Å². The summed E-state index contributed by atoms with van der Waals surface area (Å²) in [6.45, 7) is 4.89. The standard InChI is InChI=1S/C20H22F3N5O/c1-2-29-17-6-4-3-5-15(17)12-27-9-7-14(8-10-27)16-11-18(20(21,22)23)28-19(26-16)24-13-25-28/h3-6,11,13-14H,2,7-10,12H2,1H3. The van der Waals surface area contributed by atoms with Gasteiger partial charge < -0.3 is 4.74 Å². The first kappa shape index (κ1) is 19.6. The highest BCUT2D eigenvalue weighted by Gasteiger charge is 2.36. The number of halogens is 3. The molecule has 154 valence electrons. The predicted molar refractivity (Wildman–Crippen MR) is 101 cm³/mol. The van der Waals surface area contributed by atoms with Crippen molar-refractivity contribution >= 4 is 5.78 Å². The molecule has 29 heavy (non-hydrogen) atoms. The van der Waals surface area contributed by atoms with Gasteiger partial charge in [0.25, 0.3) is 5.78 Å². The number of fused-ring (bicyclic) bond motifs is 1. The maximum Gasteiger partial charge on any atom is 0.433 e. The Morgan fingerprint density at radius 3 is 2.66 bits per heavy atom. The molecule has 0 spiro atoms. The molecule has 3 aromatic rings. The fourth-order valence-electron chi connectivity index (χ4n) is 3.80. The number of alkyl halides is 3. The van der Waals surface area contributed by atoms with Crippen LogP contribution in [0.15, 0.2) is 36.7 Å². The Morgan fingerprint density at radius 1 is 1.17 bits per heavy atom. The van der Waals surface area contributed by atoms with Gasteiger partial charge in [-0.15, -0.1) is 0 Å². The Morgan fingerprint density at radius 2 is 1.93 bits per heavy atom. The molecule has 1 saturated heterocycles. The summed E-state index contributed by atoms with van der Waals surface area (Å²) in [5.41, 5.74) is 0.727. The zero-order valence-corrected chi connectivity index (χ0v) is 16.1. The molecule has 4 rings (SSSR count). The first-order valence-electron chi connectivity index (χ1n) is 9.66. The molecule has 1 aliphatic rings. The number of hydrogen-bond donors (Lipinski definition) is 0. The topological polar surface area (TPSA) is 55.6 Å². The Balaban J connectivity index is 1.48. The van der Waals surface area contributed by atoms with E-state index in [2.05, 4.69) is 20.0 Å². The second-order valence-electron chi connectivity index (χ2n) is 7.13. The van der Waals surface area contributed by atoms with Crippen molar-refractivity contribution in [1.29, 1.82) is 0 Å². The number of para-hydroxylation sites is 1. The number of likely N-dealkylation sites (tertiary alicyclic amines) is 1. The average molecular weight is 405 g/mol. The van der Waals surface area contributed by atoms with Crippen LogP contribution in [0.1, 0.15) is 42.6 Å². The molecule has 2 aromatic heterocycles. The van der Waals surface area contributed by atoms with Gasteiger partial charge in [-0.05, 0) is 45.0 Å². The highest BCUT2D eigenvalue weighted by atomic mass is 19.4. The van der Waals surface area contributed by atoms with E-state index in [1.807, 2.05) is 31.2 Å². The number of ether oxygens (including phenoxy) is 1. The molecule has 0 aliphatic carbocycles. The lowest BCUT2D eigenvalue weighted by molar-refractivity contribution is -0.142. The summed E-state index contributed by atoms with van der Waals surface area (Å²) >= 11 is 0. The zero-order valence-electron chi connectivity index (χ0n) is 16.1. The Bertz CT molecular complexity index is 980. The van der Waals surface area contributed by atoms with Crippen LogP contribution in [0, 0.1) is 0 Å². The number of piperidine rings is 1. The highest BCUT2D eigenvalue weighted by Crippen LogP contribution is 2.34. The van der Waals surface area contributed by atoms with Crippen LogP contribution in [-0.4, -0.2) is 44.2 Å². The maximum absolute atomic E-state index is 13.4. The number of rotatable bonds is 5. The quantitative estimate of drug-likeness (QED) is 0.644. The number of hydrogen-bond acceptors (Lipinski definition) is 5. The number of aromatic nitrogens is 4. The maximum atomic E-state index is 13.4. The molecule has 0 radical (unpaired) electrons. The summed E-state index contributed by atoms with van der Waals surface area (Å²) in [5, 5.41) is 3.66. The monoisotopic (exact) mass is 405 g/mol. The smallest absolute Gasteiger partial charge is 0.433 e.